The highest BCUT2D eigenvalue weighted by Crippen LogP contribution is 2.74. The molecule has 0 amide bonds. The van der Waals surface area contributed by atoms with Crippen LogP contribution < -0.4 is 0 Å². The number of aldehydes is 1. The number of fused-ring (bicyclic) bond motifs is 2. The summed E-state index contributed by atoms with van der Waals surface area (Å²) in [7, 11) is 0. The zero-order valence-electron chi connectivity index (χ0n) is 9.28. The molecular formula is C12H17BrO. The highest BCUT2D eigenvalue weighted by atomic mass is 79.9. The van der Waals surface area contributed by atoms with E-state index in [1.165, 1.54) is 6.42 Å². The molecule has 0 aromatic carbocycles. The summed E-state index contributed by atoms with van der Waals surface area (Å²) in [5.41, 5.74) is 1.42. The second kappa shape index (κ2) is 2.52. The standard InChI is InChI=1S/C12H17BrO/c1-10(2)11(3)5-6-12(10,4)9(13)8(11)7-14/h7H,5-6H2,1-4H3. The van der Waals surface area contributed by atoms with Gasteiger partial charge in [-0.3, -0.25) is 4.79 Å². The van der Waals surface area contributed by atoms with E-state index in [0.29, 0.717) is 0 Å². The maximum absolute atomic E-state index is 11.2. The van der Waals surface area contributed by atoms with Crippen molar-refractivity contribution in [1.82, 2.24) is 0 Å². The summed E-state index contributed by atoms with van der Waals surface area (Å²) in [5, 5.41) is 0. The van der Waals surface area contributed by atoms with Crippen LogP contribution in [0.5, 0.6) is 0 Å². The van der Waals surface area contributed by atoms with Gasteiger partial charge in [0.2, 0.25) is 0 Å². The van der Waals surface area contributed by atoms with E-state index in [0.717, 1.165) is 22.8 Å². The van der Waals surface area contributed by atoms with Crippen LogP contribution in [-0.2, 0) is 4.79 Å². The fourth-order valence-electron chi connectivity index (χ4n) is 3.31. The highest BCUT2D eigenvalue weighted by Gasteiger charge is 2.66. The SMILES string of the molecule is CC12CCC(C)(C(C=O)=C1Br)C2(C)C. The van der Waals surface area contributed by atoms with E-state index in [9.17, 15) is 4.79 Å². The minimum Gasteiger partial charge on any atom is -0.298 e. The number of carbonyl (C=O) groups is 1. The molecule has 2 heteroatoms. The molecule has 0 saturated heterocycles. The first kappa shape index (κ1) is 10.4. The molecule has 0 aromatic heterocycles. The predicted molar refractivity (Wildman–Crippen MR) is 61.2 cm³/mol. The molecule has 1 saturated carbocycles. The summed E-state index contributed by atoms with van der Waals surface area (Å²) in [6.45, 7) is 9.09. The van der Waals surface area contributed by atoms with Crippen LogP contribution in [0.15, 0.2) is 10.1 Å². The average molecular weight is 257 g/mol. The van der Waals surface area contributed by atoms with Gasteiger partial charge >= 0.3 is 0 Å². The van der Waals surface area contributed by atoms with Crippen LogP contribution in [0.3, 0.4) is 0 Å². The third-order valence-corrected chi connectivity index (χ3v) is 6.62. The van der Waals surface area contributed by atoms with Gasteiger partial charge in [-0.25, -0.2) is 0 Å². The minimum atomic E-state index is 0.0718. The zero-order chi connectivity index (χ0) is 10.8. The smallest absolute Gasteiger partial charge is 0.147 e. The van der Waals surface area contributed by atoms with Crippen LogP contribution in [0.25, 0.3) is 0 Å². The van der Waals surface area contributed by atoms with Crippen molar-refractivity contribution in [1.29, 1.82) is 0 Å². The van der Waals surface area contributed by atoms with Gasteiger partial charge < -0.3 is 0 Å². The van der Waals surface area contributed by atoms with Crippen molar-refractivity contribution in [2.24, 2.45) is 16.2 Å². The van der Waals surface area contributed by atoms with Crippen molar-refractivity contribution < 1.29 is 4.79 Å². The van der Waals surface area contributed by atoms with Crippen molar-refractivity contribution in [2.45, 2.75) is 40.5 Å². The molecule has 0 spiro atoms. The second-order valence-corrected chi connectivity index (χ2v) is 6.43. The molecule has 2 unspecified atom stereocenters. The first-order chi connectivity index (χ1) is 6.31. The summed E-state index contributed by atoms with van der Waals surface area (Å²) < 4.78 is 1.15. The van der Waals surface area contributed by atoms with Gasteiger partial charge in [0.05, 0.1) is 0 Å². The van der Waals surface area contributed by atoms with Crippen LogP contribution in [0, 0.1) is 16.2 Å². The third-order valence-electron chi connectivity index (χ3n) is 5.32. The largest absolute Gasteiger partial charge is 0.298 e. The molecule has 0 heterocycles. The topological polar surface area (TPSA) is 17.1 Å². The predicted octanol–water partition coefficient (Wildman–Crippen LogP) is 3.68. The van der Waals surface area contributed by atoms with Crippen molar-refractivity contribution in [2.75, 3.05) is 0 Å². The van der Waals surface area contributed by atoms with E-state index < -0.39 is 0 Å². The van der Waals surface area contributed by atoms with Gasteiger partial charge in [-0.15, -0.1) is 0 Å². The van der Waals surface area contributed by atoms with Crippen molar-refractivity contribution in [3.8, 4) is 0 Å². The maximum atomic E-state index is 11.2. The molecule has 2 atom stereocenters. The van der Waals surface area contributed by atoms with E-state index in [2.05, 4.69) is 43.6 Å². The Morgan fingerprint density at radius 1 is 1.14 bits per heavy atom. The van der Waals surface area contributed by atoms with Gasteiger partial charge in [-0.2, -0.15) is 0 Å². The number of hydrogen-bond donors (Lipinski definition) is 0. The molecule has 2 bridgehead atoms. The maximum Gasteiger partial charge on any atom is 0.147 e. The highest BCUT2D eigenvalue weighted by molar-refractivity contribution is 9.11. The molecule has 0 aromatic rings. The monoisotopic (exact) mass is 256 g/mol. The van der Waals surface area contributed by atoms with Crippen LogP contribution in [0.4, 0.5) is 0 Å². The number of hydrogen-bond acceptors (Lipinski definition) is 1. The van der Waals surface area contributed by atoms with Crippen LogP contribution in [0.2, 0.25) is 0 Å². The molecule has 0 aliphatic heterocycles. The minimum absolute atomic E-state index is 0.0718. The zero-order valence-corrected chi connectivity index (χ0v) is 10.9. The number of halogens is 1. The normalized spacial score (nSPS) is 44.6. The lowest BCUT2D eigenvalue weighted by molar-refractivity contribution is -0.106. The Labute approximate surface area is 94.1 Å². The lowest BCUT2D eigenvalue weighted by atomic mass is 9.64. The molecule has 2 aliphatic carbocycles. The Hall–Kier alpha value is -0.110. The summed E-state index contributed by atoms with van der Waals surface area (Å²) in [5.74, 6) is 0. The van der Waals surface area contributed by atoms with Crippen LogP contribution >= 0.6 is 15.9 Å². The fraction of sp³-hybridized carbons (Fsp3) is 0.750. The fourth-order valence-corrected chi connectivity index (χ4v) is 4.54. The van der Waals surface area contributed by atoms with Crippen molar-refractivity contribution in [3.05, 3.63) is 10.1 Å². The van der Waals surface area contributed by atoms with Gasteiger partial charge in [0.25, 0.3) is 0 Å². The lowest BCUT2D eigenvalue weighted by Crippen LogP contribution is -2.35. The Morgan fingerprint density at radius 2 is 1.64 bits per heavy atom. The van der Waals surface area contributed by atoms with E-state index >= 15 is 0 Å². The van der Waals surface area contributed by atoms with Gasteiger partial charge in [-0.05, 0) is 18.3 Å². The molecule has 78 valence electrons. The molecule has 1 fully saturated rings. The quantitative estimate of drug-likeness (QED) is 0.655. The molecule has 1 nitrogen and oxygen atoms in total. The van der Waals surface area contributed by atoms with E-state index in [1.807, 2.05) is 0 Å². The first-order valence-corrected chi connectivity index (χ1v) is 5.96. The van der Waals surface area contributed by atoms with Crippen LogP contribution in [-0.4, -0.2) is 6.29 Å². The van der Waals surface area contributed by atoms with Crippen LogP contribution in [0.1, 0.15) is 40.5 Å². The van der Waals surface area contributed by atoms with Gasteiger partial charge in [0.15, 0.2) is 0 Å². The van der Waals surface area contributed by atoms with E-state index in [4.69, 9.17) is 0 Å². The van der Waals surface area contributed by atoms with Gasteiger partial charge in [0.1, 0.15) is 6.29 Å². The Bertz CT molecular complexity index is 342. The second-order valence-electron chi connectivity index (χ2n) is 5.63. The summed E-state index contributed by atoms with van der Waals surface area (Å²) in [6.07, 6.45) is 3.38. The van der Waals surface area contributed by atoms with Crippen molar-refractivity contribution in [3.63, 3.8) is 0 Å². The summed E-state index contributed by atoms with van der Waals surface area (Å²) in [6, 6.07) is 0. The number of allylic oxidation sites excluding steroid dienone is 2. The summed E-state index contributed by atoms with van der Waals surface area (Å²) in [4.78, 5) is 11.2. The Kier molecular flexibility index (Phi) is 1.87. The lowest BCUT2D eigenvalue weighted by Gasteiger charge is -2.40. The Balaban J connectivity index is 2.70. The molecule has 2 aliphatic rings. The molecule has 0 radical (unpaired) electrons. The van der Waals surface area contributed by atoms with Crippen molar-refractivity contribution >= 4 is 22.2 Å². The molecule has 2 rings (SSSR count). The van der Waals surface area contributed by atoms with Gasteiger partial charge in [-0.1, -0.05) is 43.6 Å². The van der Waals surface area contributed by atoms with E-state index in [-0.39, 0.29) is 16.2 Å². The summed E-state index contributed by atoms with van der Waals surface area (Å²) >= 11 is 3.64. The molecule has 14 heavy (non-hydrogen) atoms. The third kappa shape index (κ3) is 0.767. The number of rotatable bonds is 1. The van der Waals surface area contributed by atoms with Gasteiger partial charge in [0, 0.05) is 20.9 Å². The Morgan fingerprint density at radius 3 is 1.93 bits per heavy atom. The molecular weight excluding hydrogens is 240 g/mol. The average Bonchev–Trinajstić information content (AvgIpc) is 2.34. The molecule has 0 N–H and O–H groups in total. The van der Waals surface area contributed by atoms with E-state index in [1.54, 1.807) is 0 Å². The number of carbonyl (C=O) groups excluding carboxylic acids is 1. The first-order valence-electron chi connectivity index (χ1n) is 5.17.